The van der Waals surface area contributed by atoms with E-state index < -0.39 is 0 Å². The highest BCUT2D eigenvalue weighted by atomic mass is 16.5. The first kappa shape index (κ1) is 9.54. The number of hydrogen-bond acceptors (Lipinski definition) is 2. The van der Waals surface area contributed by atoms with Crippen LogP contribution in [0.25, 0.3) is 0 Å². The van der Waals surface area contributed by atoms with Crippen LogP contribution in [0.5, 0.6) is 0 Å². The van der Waals surface area contributed by atoms with Crippen molar-refractivity contribution < 1.29 is 4.74 Å². The van der Waals surface area contributed by atoms with Gasteiger partial charge in [0.25, 0.3) is 0 Å². The fraction of sp³-hybridized carbons (Fsp3) is 0.900. The molecular weight excluding hydrogens is 150 g/mol. The molecule has 0 atom stereocenters. The van der Waals surface area contributed by atoms with E-state index in [4.69, 9.17) is 10.00 Å². The van der Waals surface area contributed by atoms with Gasteiger partial charge in [-0.1, -0.05) is 12.8 Å². The molecule has 0 unspecified atom stereocenters. The smallest absolute Gasteiger partial charge is 0.0621 e. The average Bonchev–Trinajstić information content (AvgIpc) is 2.57. The lowest BCUT2D eigenvalue weighted by molar-refractivity contribution is 0.0561. The van der Waals surface area contributed by atoms with E-state index in [1.54, 1.807) is 0 Å². The number of nitrogens with zero attached hydrogens (tertiary/aromatic N) is 1. The highest BCUT2D eigenvalue weighted by Crippen LogP contribution is 2.20. The summed E-state index contributed by atoms with van der Waals surface area (Å²) < 4.78 is 5.64. The molecule has 68 valence electrons. The maximum Gasteiger partial charge on any atom is 0.0621 e. The van der Waals surface area contributed by atoms with E-state index in [-0.39, 0.29) is 0 Å². The molecule has 0 spiro atoms. The first-order valence-corrected chi connectivity index (χ1v) is 4.92. The van der Waals surface area contributed by atoms with Crippen molar-refractivity contribution in [3.63, 3.8) is 0 Å². The summed E-state index contributed by atoms with van der Waals surface area (Å²) in [6, 6.07) is 2.14. The Morgan fingerprint density at radius 2 is 2.00 bits per heavy atom. The first-order valence-electron chi connectivity index (χ1n) is 4.92. The van der Waals surface area contributed by atoms with Crippen LogP contribution in [0.15, 0.2) is 0 Å². The Hall–Kier alpha value is -0.550. The van der Waals surface area contributed by atoms with Gasteiger partial charge in [0.15, 0.2) is 0 Å². The minimum absolute atomic E-state index is 0.534. The summed E-state index contributed by atoms with van der Waals surface area (Å²) in [5.74, 6) is 0. The second-order valence-corrected chi connectivity index (χ2v) is 3.39. The standard InChI is InChI=1S/C10H17NO/c11-8-4-1-5-9-12-10-6-2-3-7-10/h10H,1-7,9H2. The second kappa shape index (κ2) is 6.02. The van der Waals surface area contributed by atoms with Gasteiger partial charge in [-0.3, -0.25) is 0 Å². The molecule has 0 bridgehead atoms. The van der Waals surface area contributed by atoms with Crippen molar-refractivity contribution in [3.8, 4) is 6.07 Å². The summed E-state index contributed by atoms with van der Waals surface area (Å²) in [5.41, 5.74) is 0. The molecule has 0 amide bonds. The van der Waals surface area contributed by atoms with E-state index >= 15 is 0 Å². The largest absolute Gasteiger partial charge is 0.378 e. The number of hydrogen-bond donors (Lipinski definition) is 0. The highest BCUT2D eigenvalue weighted by molar-refractivity contribution is 4.69. The van der Waals surface area contributed by atoms with Crippen molar-refractivity contribution in [2.45, 2.75) is 51.0 Å². The molecular formula is C10H17NO. The number of ether oxygens (including phenoxy) is 1. The zero-order chi connectivity index (χ0) is 8.65. The molecule has 1 rings (SSSR count). The molecule has 0 saturated heterocycles. The Morgan fingerprint density at radius 3 is 2.67 bits per heavy atom. The van der Waals surface area contributed by atoms with Crippen LogP contribution in [0, 0.1) is 11.3 Å². The van der Waals surface area contributed by atoms with Gasteiger partial charge in [0, 0.05) is 13.0 Å². The third kappa shape index (κ3) is 3.73. The number of unbranched alkanes of at least 4 members (excludes halogenated alkanes) is 2. The summed E-state index contributed by atoms with van der Waals surface area (Å²) in [5, 5.41) is 8.29. The molecule has 0 aromatic heterocycles. The Morgan fingerprint density at radius 1 is 1.25 bits per heavy atom. The number of nitriles is 1. The highest BCUT2D eigenvalue weighted by Gasteiger charge is 2.14. The summed E-state index contributed by atoms with van der Waals surface area (Å²) >= 11 is 0. The molecule has 0 aromatic rings. The molecule has 0 heterocycles. The predicted molar refractivity (Wildman–Crippen MR) is 47.7 cm³/mol. The molecule has 2 nitrogen and oxygen atoms in total. The molecule has 1 fully saturated rings. The van der Waals surface area contributed by atoms with Crippen molar-refractivity contribution in [1.82, 2.24) is 0 Å². The Kier molecular flexibility index (Phi) is 4.79. The Bertz CT molecular complexity index is 144. The molecule has 0 N–H and O–H groups in total. The van der Waals surface area contributed by atoms with Crippen LogP contribution < -0.4 is 0 Å². The summed E-state index contributed by atoms with van der Waals surface area (Å²) in [4.78, 5) is 0. The average molecular weight is 167 g/mol. The van der Waals surface area contributed by atoms with Gasteiger partial charge < -0.3 is 4.74 Å². The van der Waals surface area contributed by atoms with Crippen molar-refractivity contribution in [2.24, 2.45) is 0 Å². The van der Waals surface area contributed by atoms with Crippen molar-refractivity contribution in [1.29, 1.82) is 5.26 Å². The van der Waals surface area contributed by atoms with Gasteiger partial charge >= 0.3 is 0 Å². The van der Waals surface area contributed by atoms with Gasteiger partial charge in [-0.2, -0.15) is 5.26 Å². The van der Waals surface area contributed by atoms with Gasteiger partial charge in [-0.15, -0.1) is 0 Å². The SMILES string of the molecule is N#CCCCCOC1CCCC1. The lowest BCUT2D eigenvalue weighted by Gasteiger charge is -2.09. The van der Waals surface area contributed by atoms with Crippen LogP contribution in [0.1, 0.15) is 44.9 Å². The van der Waals surface area contributed by atoms with Gasteiger partial charge in [0.1, 0.15) is 0 Å². The van der Waals surface area contributed by atoms with Crippen LogP contribution in [-0.2, 0) is 4.74 Å². The molecule has 0 radical (unpaired) electrons. The van der Waals surface area contributed by atoms with E-state index in [9.17, 15) is 0 Å². The summed E-state index contributed by atoms with van der Waals surface area (Å²) in [6.07, 6.45) is 8.41. The monoisotopic (exact) mass is 167 g/mol. The fourth-order valence-electron chi connectivity index (χ4n) is 1.61. The van der Waals surface area contributed by atoms with Crippen LogP contribution in [0.2, 0.25) is 0 Å². The van der Waals surface area contributed by atoms with Crippen LogP contribution in [0.3, 0.4) is 0 Å². The normalized spacial score (nSPS) is 17.9. The second-order valence-electron chi connectivity index (χ2n) is 3.39. The third-order valence-corrected chi connectivity index (χ3v) is 2.34. The molecule has 1 saturated carbocycles. The van der Waals surface area contributed by atoms with Gasteiger partial charge in [-0.05, 0) is 25.7 Å². The summed E-state index contributed by atoms with van der Waals surface area (Å²) in [7, 11) is 0. The maximum atomic E-state index is 8.29. The quantitative estimate of drug-likeness (QED) is 0.590. The lowest BCUT2D eigenvalue weighted by atomic mass is 10.2. The van der Waals surface area contributed by atoms with Crippen molar-refractivity contribution in [2.75, 3.05) is 6.61 Å². The molecule has 1 aliphatic carbocycles. The van der Waals surface area contributed by atoms with Crippen LogP contribution in [-0.4, -0.2) is 12.7 Å². The van der Waals surface area contributed by atoms with Crippen LogP contribution in [0.4, 0.5) is 0 Å². The Labute approximate surface area is 74.5 Å². The molecule has 0 aromatic carbocycles. The topological polar surface area (TPSA) is 33.0 Å². The van der Waals surface area contributed by atoms with E-state index in [0.717, 1.165) is 19.4 Å². The first-order chi connectivity index (χ1) is 5.93. The third-order valence-electron chi connectivity index (χ3n) is 2.34. The van der Waals surface area contributed by atoms with Gasteiger partial charge in [-0.25, -0.2) is 0 Å². The van der Waals surface area contributed by atoms with Crippen molar-refractivity contribution in [3.05, 3.63) is 0 Å². The summed E-state index contributed by atoms with van der Waals surface area (Å²) in [6.45, 7) is 0.854. The van der Waals surface area contributed by atoms with E-state index in [0.29, 0.717) is 12.5 Å². The van der Waals surface area contributed by atoms with E-state index in [2.05, 4.69) is 6.07 Å². The number of rotatable bonds is 5. The molecule has 0 aliphatic heterocycles. The van der Waals surface area contributed by atoms with Crippen LogP contribution >= 0.6 is 0 Å². The fourth-order valence-corrected chi connectivity index (χ4v) is 1.61. The zero-order valence-corrected chi connectivity index (χ0v) is 7.59. The molecule has 2 heteroatoms. The van der Waals surface area contributed by atoms with Gasteiger partial charge in [0.2, 0.25) is 0 Å². The van der Waals surface area contributed by atoms with Crippen molar-refractivity contribution >= 4 is 0 Å². The molecule has 1 aliphatic rings. The zero-order valence-electron chi connectivity index (χ0n) is 7.59. The predicted octanol–water partition coefficient (Wildman–Crippen LogP) is 2.64. The lowest BCUT2D eigenvalue weighted by Crippen LogP contribution is -2.08. The Balaban J connectivity index is 1.85. The van der Waals surface area contributed by atoms with E-state index in [1.807, 2.05) is 0 Å². The van der Waals surface area contributed by atoms with E-state index in [1.165, 1.54) is 25.7 Å². The minimum Gasteiger partial charge on any atom is -0.378 e. The minimum atomic E-state index is 0.534. The van der Waals surface area contributed by atoms with Gasteiger partial charge in [0.05, 0.1) is 12.2 Å². The maximum absolute atomic E-state index is 8.29. The molecule has 12 heavy (non-hydrogen) atoms.